The maximum Gasteiger partial charge on any atom is 2.00 e. The first-order valence-electron chi connectivity index (χ1n) is 0. The molecular weight excluding hydrogens is 402 g/mol. The zero-order chi connectivity index (χ0) is 0. The molecule has 0 bridgehead atoms. The first kappa shape index (κ1) is 61.8. The average molecular weight is 402 g/mol. The van der Waals surface area contributed by atoms with Gasteiger partial charge < -0.3 is 51.2 Å². The van der Waals surface area contributed by atoms with Crippen molar-refractivity contribution < 1.29 is 51.2 Å². The number of rotatable bonds is 0. The summed E-state index contributed by atoms with van der Waals surface area (Å²) in [5.74, 6) is 0. The van der Waals surface area contributed by atoms with Crippen LogP contribution < -0.4 is 0 Å². The first-order chi connectivity index (χ1) is 0. The van der Waals surface area contributed by atoms with Crippen molar-refractivity contribution in [1.29, 1.82) is 0 Å². The van der Waals surface area contributed by atoms with Crippen molar-refractivity contribution in [1.82, 2.24) is 0 Å². The largest absolute Gasteiger partial charge is 2.00 e. The van der Waals surface area contributed by atoms with Gasteiger partial charge in [0.1, 0.15) is 0 Å². The predicted molar refractivity (Wildman–Crippen MR) is 17.3 cm³/mol. The van der Waals surface area contributed by atoms with Gasteiger partial charge in [0.05, 0.1) is 0 Å². The Balaban J connectivity index is 0. The summed E-state index contributed by atoms with van der Waals surface area (Å²) in [6, 6.07) is 0. The third-order valence-electron chi connectivity index (χ3n) is 0. The van der Waals surface area contributed by atoms with Crippen LogP contribution in [0, 0.1) is 0 Å². The Labute approximate surface area is 101 Å². The number of hydrogen-bond acceptors (Lipinski definition) is 0. The minimum atomic E-state index is 0. The molecule has 0 aromatic carbocycles. The van der Waals surface area contributed by atoms with E-state index in [1.807, 2.05) is 0 Å². The smallest absolute Gasteiger partial charge is 2.00 e. The molecule has 0 saturated heterocycles. The van der Waals surface area contributed by atoms with Crippen LogP contribution in [-0.4, -0.2) is 51.2 Å². The molecule has 0 heterocycles. The van der Waals surface area contributed by atoms with E-state index in [-0.39, 0.29) is 102 Å². The quantitative estimate of drug-likeness (QED) is 0.450. The minimum absolute atomic E-state index is 0. The molecule has 0 aromatic rings. The number of hydrogen-bond donors (Lipinski definition) is 0. The zero-order valence-electron chi connectivity index (χ0n) is 2.36. The fourth-order valence-electron chi connectivity index (χ4n) is 0. The maximum atomic E-state index is 0. The van der Waals surface area contributed by atoms with Crippen molar-refractivity contribution >= 4 is 51.2 Å². The minimum Gasteiger partial charge on any atom is -2.00 e. The van der Waals surface area contributed by atoms with E-state index in [4.69, 9.17) is 0 Å². The molecule has 0 N–H and O–H groups in total. The molecule has 6 heteroatoms. The van der Waals surface area contributed by atoms with Crippen LogP contribution in [0.1, 0.15) is 0 Å². The molecule has 0 rings (SSSR count). The molecule has 0 aliphatic rings. The Morgan fingerprint density at radius 1 is 0.333 bits per heavy atom. The Morgan fingerprint density at radius 3 is 0.333 bits per heavy atom. The molecule has 0 aliphatic heterocycles. The molecule has 0 saturated carbocycles. The van der Waals surface area contributed by atoms with Crippen molar-refractivity contribution in [2.45, 2.75) is 0 Å². The third-order valence-corrected chi connectivity index (χ3v) is 0. The van der Waals surface area contributed by atoms with Gasteiger partial charge in [0.2, 0.25) is 0 Å². The van der Waals surface area contributed by atoms with Gasteiger partial charge >= 0.3 is 51.2 Å². The standard InChI is InChI=1S/3Mn.3Se/q3*+2;3*-2. The molecule has 0 fully saturated rings. The molecule has 0 nitrogen and oxygen atoms in total. The van der Waals surface area contributed by atoms with E-state index in [2.05, 4.69) is 0 Å². The molecule has 0 aliphatic carbocycles. The van der Waals surface area contributed by atoms with Gasteiger partial charge in [-0.25, -0.2) is 0 Å². The van der Waals surface area contributed by atoms with Crippen LogP contribution >= 0.6 is 0 Å². The predicted octanol–water partition coefficient (Wildman–Crippen LogP) is -1.15. The van der Waals surface area contributed by atoms with E-state index < -0.39 is 0 Å². The van der Waals surface area contributed by atoms with Crippen molar-refractivity contribution in [2.75, 3.05) is 0 Å². The molecule has 0 unspecified atom stereocenters. The molecule has 6 heavy (non-hydrogen) atoms. The van der Waals surface area contributed by atoms with Crippen LogP contribution in [0.3, 0.4) is 0 Å². The molecule has 0 spiro atoms. The van der Waals surface area contributed by atoms with Crippen molar-refractivity contribution in [3.8, 4) is 0 Å². The van der Waals surface area contributed by atoms with Crippen molar-refractivity contribution in [3.05, 3.63) is 0 Å². The monoisotopic (exact) mass is 405 g/mol. The van der Waals surface area contributed by atoms with Gasteiger partial charge in [-0.3, -0.25) is 0 Å². The summed E-state index contributed by atoms with van der Waals surface area (Å²) in [6.45, 7) is 0. The normalized spacial score (nSPS) is 0. The molecule has 0 amide bonds. The second kappa shape index (κ2) is 42.3. The Kier molecular flexibility index (Phi) is 436. The van der Waals surface area contributed by atoms with E-state index in [1.54, 1.807) is 0 Å². The maximum absolute atomic E-state index is 0. The second-order valence-corrected chi connectivity index (χ2v) is 0. The van der Waals surface area contributed by atoms with Crippen LogP contribution in [-0.2, 0) is 51.2 Å². The van der Waals surface area contributed by atoms with Crippen LogP contribution in [0.15, 0.2) is 0 Å². The molecule has 3 radical (unpaired) electrons. The van der Waals surface area contributed by atoms with E-state index in [0.29, 0.717) is 0 Å². The Hall–Kier alpha value is 3.12. The van der Waals surface area contributed by atoms with E-state index in [9.17, 15) is 0 Å². The molecule has 0 aromatic heterocycles. The van der Waals surface area contributed by atoms with E-state index >= 15 is 0 Å². The summed E-state index contributed by atoms with van der Waals surface area (Å²) in [5, 5.41) is 0. The van der Waals surface area contributed by atoms with Gasteiger partial charge in [-0.1, -0.05) is 0 Å². The van der Waals surface area contributed by atoms with Gasteiger partial charge in [0.15, 0.2) is 0 Å². The Bertz CT molecular complexity index is 6.00. The molecule has 39 valence electrons. The van der Waals surface area contributed by atoms with Crippen LogP contribution in [0.25, 0.3) is 0 Å². The third kappa shape index (κ3) is 27.4. The first-order valence-corrected chi connectivity index (χ1v) is 0. The summed E-state index contributed by atoms with van der Waals surface area (Å²) < 4.78 is 0. The topological polar surface area (TPSA) is 0 Å². The van der Waals surface area contributed by atoms with Crippen molar-refractivity contribution in [3.63, 3.8) is 0 Å². The molecule has 0 atom stereocenters. The fraction of sp³-hybridized carbons (Fsp3) is 0. The Morgan fingerprint density at radius 2 is 0.333 bits per heavy atom. The van der Waals surface area contributed by atoms with Gasteiger partial charge in [-0.2, -0.15) is 0 Å². The SMILES string of the molecule is [Mn+2].[Mn+2].[Mn+2].[Se-2].[Se-2].[Se-2]. The summed E-state index contributed by atoms with van der Waals surface area (Å²) >= 11 is 0. The van der Waals surface area contributed by atoms with Crippen LogP contribution in [0.5, 0.6) is 0 Å². The summed E-state index contributed by atoms with van der Waals surface area (Å²) in [6.07, 6.45) is 0. The zero-order valence-corrected chi connectivity index (χ0v) is 11.0. The average Bonchev–Trinajstić information content (AvgIpc) is 0. The second-order valence-electron chi connectivity index (χ2n) is 0. The van der Waals surface area contributed by atoms with E-state index in [1.165, 1.54) is 0 Å². The van der Waals surface area contributed by atoms with Crippen LogP contribution in [0.4, 0.5) is 0 Å². The van der Waals surface area contributed by atoms with Gasteiger partial charge in [0, 0.05) is 0 Å². The van der Waals surface area contributed by atoms with Gasteiger partial charge in [0.25, 0.3) is 0 Å². The van der Waals surface area contributed by atoms with Crippen molar-refractivity contribution in [2.24, 2.45) is 0 Å². The summed E-state index contributed by atoms with van der Waals surface area (Å²) in [5.41, 5.74) is 0. The summed E-state index contributed by atoms with van der Waals surface area (Å²) in [7, 11) is 0. The fourth-order valence-corrected chi connectivity index (χ4v) is 0. The van der Waals surface area contributed by atoms with Gasteiger partial charge in [-0.05, 0) is 0 Å². The van der Waals surface area contributed by atoms with Crippen LogP contribution in [0.2, 0.25) is 0 Å². The summed E-state index contributed by atoms with van der Waals surface area (Å²) in [4.78, 5) is 0. The molecular formula is Mn3Se3. The van der Waals surface area contributed by atoms with Gasteiger partial charge in [-0.15, -0.1) is 0 Å². The van der Waals surface area contributed by atoms with E-state index in [0.717, 1.165) is 0 Å².